The predicted octanol–water partition coefficient (Wildman–Crippen LogP) is 5.91. The number of nitrogens with zero attached hydrogens (tertiary/aromatic N) is 4. The topological polar surface area (TPSA) is 126 Å². The van der Waals surface area contributed by atoms with Crippen molar-refractivity contribution in [1.82, 2.24) is 18.7 Å². The van der Waals surface area contributed by atoms with Crippen molar-refractivity contribution >= 4 is 59.0 Å². The highest BCUT2D eigenvalue weighted by Crippen LogP contribution is 2.24. The molecule has 9 heteroatoms. The van der Waals surface area contributed by atoms with Crippen LogP contribution < -0.4 is 0 Å². The molecule has 3 aromatic heterocycles. The lowest BCUT2D eigenvalue weighted by Gasteiger charge is -2.00. The van der Waals surface area contributed by atoms with Crippen molar-refractivity contribution < 1.29 is 19.8 Å². The van der Waals surface area contributed by atoms with Gasteiger partial charge in [-0.05, 0) is 59.7 Å². The fourth-order valence-corrected chi connectivity index (χ4v) is 3.84. The van der Waals surface area contributed by atoms with E-state index < -0.39 is 11.9 Å². The summed E-state index contributed by atoms with van der Waals surface area (Å²) < 4.78 is 8.94. The van der Waals surface area contributed by atoms with E-state index in [1.54, 1.807) is 24.8 Å². The van der Waals surface area contributed by atoms with E-state index in [0.717, 1.165) is 33.3 Å². The standard InChI is InChI=1S/C20H14N4S.C8H6O4/c1(15-7-11-21-12-8-15)3-17-5-6-18(20-19(17)23-25-24-20)4-2-16-9-13-22-14-10-16;9-7(10)5-1-2-6(4-3-5)8(11)12/h1-14H;1-4H,(H,9,10)(H,11,12)/b3-1+,4-2+;. The normalized spacial score (nSPS) is 10.9. The summed E-state index contributed by atoms with van der Waals surface area (Å²) in [6.45, 7) is 0. The van der Waals surface area contributed by atoms with Gasteiger partial charge in [0.25, 0.3) is 0 Å². The van der Waals surface area contributed by atoms with Crippen LogP contribution in [-0.4, -0.2) is 40.9 Å². The van der Waals surface area contributed by atoms with Gasteiger partial charge in [-0.1, -0.05) is 36.4 Å². The molecule has 2 aromatic carbocycles. The van der Waals surface area contributed by atoms with E-state index >= 15 is 0 Å². The first-order valence-electron chi connectivity index (χ1n) is 11.0. The molecule has 0 bridgehead atoms. The number of aromatic nitrogens is 4. The van der Waals surface area contributed by atoms with Crippen molar-refractivity contribution in [3.63, 3.8) is 0 Å². The molecule has 0 fully saturated rings. The van der Waals surface area contributed by atoms with E-state index in [1.165, 1.54) is 36.0 Å². The predicted molar refractivity (Wildman–Crippen MR) is 144 cm³/mol. The Morgan fingerprint density at radius 3 is 1.30 bits per heavy atom. The first-order chi connectivity index (χ1) is 18.0. The Kier molecular flexibility index (Phi) is 8.20. The van der Waals surface area contributed by atoms with Gasteiger partial charge in [-0.25, -0.2) is 9.59 Å². The van der Waals surface area contributed by atoms with E-state index in [9.17, 15) is 9.59 Å². The Morgan fingerprint density at radius 1 is 0.568 bits per heavy atom. The van der Waals surface area contributed by atoms with Gasteiger partial charge in [0.1, 0.15) is 11.0 Å². The minimum Gasteiger partial charge on any atom is -0.478 e. The maximum atomic E-state index is 10.3. The van der Waals surface area contributed by atoms with Crippen LogP contribution in [0.1, 0.15) is 43.0 Å². The van der Waals surface area contributed by atoms with Crippen molar-refractivity contribution in [2.45, 2.75) is 0 Å². The van der Waals surface area contributed by atoms with E-state index in [0.29, 0.717) is 0 Å². The number of hydrogen-bond acceptors (Lipinski definition) is 7. The highest BCUT2D eigenvalue weighted by molar-refractivity contribution is 7.00. The van der Waals surface area contributed by atoms with Gasteiger partial charge < -0.3 is 10.2 Å². The average molecular weight is 509 g/mol. The first-order valence-corrected chi connectivity index (χ1v) is 11.7. The number of benzene rings is 2. The van der Waals surface area contributed by atoms with Crippen LogP contribution in [0.2, 0.25) is 0 Å². The van der Waals surface area contributed by atoms with E-state index in [2.05, 4.69) is 55.2 Å². The van der Waals surface area contributed by atoms with Gasteiger partial charge >= 0.3 is 11.9 Å². The molecule has 8 nitrogen and oxygen atoms in total. The van der Waals surface area contributed by atoms with Crippen molar-refractivity contribution in [1.29, 1.82) is 0 Å². The largest absolute Gasteiger partial charge is 0.478 e. The number of carboxylic acids is 2. The number of aromatic carboxylic acids is 2. The molecule has 0 saturated heterocycles. The summed E-state index contributed by atoms with van der Waals surface area (Å²) in [5.41, 5.74) is 6.34. The summed E-state index contributed by atoms with van der Waals surface area (Å²) in [4.78, 5) is 28.7. The minimum atomic E-state index is -1.06. The molecule has 0 atom stereocenters. The Balaban J connectivity index is 0.000000225. The zero-order valence-corrected chi connectivity index (χ0v) is 20.1. The van der Waals surface area contributed by atoms with Gasteiger partial charge in [-0.15, -0.1) is 0 Å². The molecule has 0 spiro atoms. The molecule has 182 valence electrons. The highest BCUT2D eigenvalue weighted by atomic mass is 32.1. The van der Waals surface area contributed by atoms with Gasteiger partial charge in [-0.3, -0.25) is 9.97 Å². The van der Waals surface area contributed by atoms with Gasteiger partial charge in [0, 0.05) is 35.9 Å². The van der Waals surface area contributed by atoms with Gasteiger partial charge in [-0.2, -0.15) is 8.75 Å². The van der Waals surface area contributed by atoms with Crippen LogP contribution in [0, 0.1) is 0 Å². The molecule has 37 heavy (non-hydrogen) atoms. The number of hydrogen-bond donors (Lipinski definition) is 2. The third-order valence-electron chi connectivity index (χ3n) is 5.18. The van der Waals surface area contributed by atoms with Gasteiger partial charge in [0.05, 0.1) is 22.9 Å². The fraction of sp³-hybridized carbons (Fsp3) is 0. The maximum Gasteiger partial charge on any atom is 0.335 e. The smallest absolute Gasteiger partial charge is 0.335 e. The summed E-state index contributed by atoms with van der Waals surface area (Å²) in [6, 6.07) is 17.1. The lowest BCUT2D eigenvalue weighted by atomic mass is 10.1. The molecule has 0 unspecified atom stereocenters. The number of carboxylic acid groups (broad SMARTS) is 2. The molecule has 5 aromatic rings. The number of pyridine rings is 2. The number of carbonyl (C=O) groups is 2. The first kappa shape index (κ1) is 25.1. The molecular formula is C28H20N4O4S. The lowest BCUT2D eigenvalue weighted by molar-refractivity contribution is 0.0681. The Hall–Kier alpha value is -5.02. The van der Waals surface area contributed by atoms with Crippen molar-refractivity contribution in [3.8, 4) is 0 Å². The van der Waals surface area contributed by atoms with Gasteiger partial charge in [0.15, 0.2) is 0 Å². The summed E-state index contributed by atoms with van der Waals surface area (Å²) >= 11 is 1.24. The van der Waals surface area contributed by atoms with Crippen LogP contribution in [0.4, 0.5) is 0 Å². The zero-order valence-electron chi connectivity index (χ0n) is 19.3. The molecule has 5 rings (SSSR count). The lowest BCUT2D eigenvalue weighted by Crippen LogP contribution is -1.99. The monoisotopic (exact) mass is 508 g/mol. The molecular weight excluding hydrogens is 488 g/mol. The second-order valence-corrected chi connectivity index (χ2v) is 8.15. The zero-order chi connectivity index (χ0) is 26.0. The summed E-state index contributed by atoms with van der Waals surface area (Å²) in [5, 5.41) is 16.9. The molecule has 0 saturated carbocycles. The Labute approximate surface area is 216 Å². The molecule has 0 amide bonds. The quantitative estimate of drug-likeness (QED) is 0.290. The van der Waals surface area contributed by atoms with Crippen LogP contribution in [0.15, 0.2) is 85.5 Å². The number of fused-ring (bicyclic) bond motifs is 1. The molecule has 0 aliphatic heterocycles. The average Bonchev–Trinajstić information content (AvgIpc) is 3.43. The molecule has 2 N–H and O–H groups in total. The summed E-state index contributed by atoms with van der Waals surface area (Å²) in [6.07, 6.45) is 15.4. The van der Waals surface area contributed by atoms with Crippen LogP contribution in [0.5, 0.6) is 0 Å². The molecule has 0 radical (unpaired) electrons. The van der Waals surface area contributed by atoms with Crippen LogP contribution in [-0.2, 0) is 0 Å². The van der Waals surface area contributed by atoms with Crippen LogP contribution in [0.3, 0.4) is 0 Å². The maximum absolute atomic E-state index is 10.3. The second-order valence-electron chi connectivity index (χ2n) is 7.62. The third kappa shape index (κ3) is 6.77. The van der Waals surface area contributed by atoms with Crippen molar-refractivity contribution in [2.75, 3.05) is 0 Å². The summed E-state index contributed by atoms with van der Waals surface area (Å²) in [7, 11) is 0. The fourth-order valence-electron chi connectivity index (χ4n) is 3.25. The third-order valence-corrected chi connectivity index (χ3v) is 5.71. The highest BCUT2D eigenvalue weighted by Gasteiger charge is 2.07. The molecule has 0 aliphatic carbocycles. The second kappa shape index (κ2) is 12.1. The van der Waals surface area contributed by atoms with Crippen LogP contribution in [0.25, 0.3) is 35.3 Å². The van der Waals surface area contributed by atoms with Gasteiger partial charge in [0.2, 0.25) is 0 Å². The SMILES string of the molecule is C(=C\c1ccc(/C=C/c2ccncc2)c2nsnc12)/c1ccncc1.O=C(O)c1ccc(C(=O)O)cc1. The van der Waals surface area contributed by atoms with E-state index in [4.69, 9.17) is 10.2 Å². The van der Waals surface area contributed by atoms with Crippen molar-refractivity contribution in [3.05, 3.63) is 119 Å². The van der Waals surface area contributed by atoms with E-state index in [-0.39, 0.29) is 11.1 Å². The number of rotatable bonds is 6. The van der Waals surface area contributed by atoms with Crippen molar-refractivity contribution in [2.24, 2.45) is 0 Å². The molecule has 3 heterocycles. The minimum absolute atomic E-state index is 0.0833. The van der Waals surface area contributed by atoms with E-state index in [1.807, 2.05) is 24.3 Å². The molecule has 0 aliphatic rings. The Morgan fingerprint density at radius 2 is 0.946 bits per heavy atom. The van der Waals surface area contributed by atoms with Crippen LogP contribution >= 0.6 is 11.7 Å². The Bertz CT molecular complexity index is 1450. The summed E-state index contributed by atoms with van der Waals surface area (Å²) in [5.74, 6) is -2.13.